The Morgan fingerprint density at radius 3 is 3.00 bits per heavy atom. The maximum atomic E-state index is 8.76. The van der Waals surface area contributed by atoms with Crippen LogP contribution in [0, 0.1) is 0 Å². The van der Waals surface area contributed by atoms with Gasteiger partial charge in [-0.15, -0.1) is 11.8 Å². The van der Waals surface area contributed by atoms with Crippen molar-refractivity contribution in [1.29, 1.82) is 0 Å². The van der Waals surface area contributed by atoms with Gasteiger partial charge in [-0.1, -0.05) is 0 Å². The third kappa shape index (κ3) is 2.07. The molecule has 0 saturated carbocycles. The van der Waals surface area contributed by atoms with Crippen LogP contribution < -0.4 is 0 Å². The van der Waals surface area contributed by atoms with Gasteiger partial charge >= 0.3 is 0 Å². The summed E-state index contributed by atoms with van der Waals surface area (Å²) in [4.78, 5) is 4.19. The smallest absolute Gasteiger partial charge is 0.0605 e. The molecule has 3 heteroatoms. The zero-order valence-corrected chi connectivity index (χ0v) is 7.69. The molecule has 0 aromatic heterocycles. The van der Waals surface area contributed by atoms with E-state index < -0.39 is 0 Å². The average molecular weight is 171 g/mol. The molecule has 0 unspecified atom stereocenters. The summed E-state index contributed by atoms with van der Waals surface area (Å²) in [5.74, 6) is 0. The lowest BCUT2D eigenvalue weighted by molar-refractivity contribution is 0.298. The molecule has 1 rings (SSSR count). The van der Waals surface area contributed by atoms with E-state index in [0.717, 1.165) is 12.1 Å². The van der Waals surface area contributed by atoms with Crippen molar-refractivity contribution in [3.63, 3.8) is 0 Å². The molecular formula is C8H13NOS. The molecule has 1 N–H and O–H groups in total. The molecular weight excluding hydrogens is 158 g/mol. The highest BCUT2D eigenvalue weighted by Gasteiger charge is 2.13. The van der Waals surface area contributed by atoms with Gasteiger partial charge in [0.15, 0.2) is 0 Å². The van der Waals surface area contributed by atoms with Gasteiger partial charge in [-0.05, 0) is 25.8 Å². The second kappa shape index (κ2) is 3.93. The summed E-state index contributed by atoms with van der Waals surface area (Å²) < 4.78 is 0. The van der Waals surface area contributed by atoms with Crippen LogP contribution in [0.3, 0.4) is 0 Å². The zero-order valence-electron chi connectivity index (χ0n) is 6.87. The van der Waals surface area contributed by atoms with Gasteiger partial charge in [0.05, 0.1) is 5.55 Å². The van der Waals surface area contributed by atoms with Crippen molar-refractivity contribution in [1.82, 2.24) is 0 Å². The number of thioether (sulfide) groups is 1. The minimum atomic E-state index is 0.229. The van der Waals surface area contributed by atoms with Crippen molar-refractivity contribution >= 4 is 17.3 Å². The fraction of sp³-hybridized carbons (Fsp3) is 0.625. The number of allylic oxidation sites excluding steroid dienone is 1. The average Bonchev–Trinajstić information content (AvgIpc) is 1.97. The SMILES string of the molecule is CC1=C(CCO)[C@H](C)SC=N1. The molecule has 11 heavy (non-hydrogen) atoms. The van der Waals surface area contributed by atoms with Crippen LogP contribution in [0.1, 0.15) is 20.3 Å². The van der Waals surface area contributed by atoms with Gasteiger partial charge in [-0.25, -0.2) is 0 Å². The van der Waals surface area contributed by atoms with E-state index in [1.54, 1.807) is 11.8 Å². The van der Waals surface area contributed by atoms with Crippen LogP contribution in [-0.4, -0.2) is 22.5 Å². The Hall–Kier alpha value is -0.280. The van der Waals surface area contributed by atoms with E-state index in [1.807, 2.05) is 12.5 Å². The summed E-state index contributed by atoms with van der Waals surface area (Å²) in [5, 5.41) is 9.24. The molecule has 1 aliphatic heterocycles. The third-order valence-electron chi connectivity index (χ3n) is 1.85. The maximum Gasteiger partial charge on any atom is 0.0605 e. The number of nitrogens with zero attached hydrogens (tertiary/aromatic N) is 1. The van der Waals surface area contributed by atoms with Gasteiger partial charge in [0.25, 0.3) is 0 Å². The Morgan fingerprint density at radius 2 is 2.45 bits per heavy atom. The molecule has 1 aliphatic rings. The number of hydrogen-bond donors (Lipinski definition) is 1. The minimum Gasteiger partial charge on any atom is -0.396 e. The van der Waals surface area contributed by atoms with Gasteiger partial charge < -0.3 is 5.11 Å². The van der Waals surface area contributed by atoms with E-state index in [2.05, 4.69) is 11.9 Å². The largest absolute Gasteiger partial charge is 0.396 e. The topological polar surface area (TPSA) is 32.6 Å². The van der Waals surface area contributed by atoms with Crippen molar-refractivity contribution in [3.8, 4) is 0 Å². The number of aliphatic hydroxyl groups excluding tert-OH is 1. The Balaban J connectivity index is 2.74. The fourth-order valence-corrected chi connectivity index (χ4v) is 2.02. The third-order valence-corrected chi connectivity index (χ3v) is 2.77. The van der Waals surface area contributed by atoms with Crippen LogP contribution in [0.4, 0.5) is 0 Å². The second-order valence-corrected chi connectivity index (χ2v) is 3.79. The number of hydrogen-bond acceptors (Lipinski definition) is 3. The molecule has 0 spiro atoms. The first-order valence-corrected chi connectivity index (χ1v) is 4.68. The predicted octanol–water partition coefficient (Wildman–Crippen LogP) is 1.81. The highest BCUT2D eigenvalue weighted by atomic mass is 32.2. The lowest BCUT2D eigenvalue weighted by Crippen LogP contribution is -2.08. The second-order valence-electron chi connectivity index (χ2n) is 2.60. The first kappa shape index (κ1) is 8.81. The molecule has 0 radical (unpaired) electrons. The van der Waals surface area contributed by atoms with Crippen molar-refractivity contribution in [2.45, 2.75) is 25.5 Å². The van der Waals surface area contributed by atoms with Crippen LogP contribution in [0.25, 0.3) is 0 Å². The lowest BCUT2D eigenvalue weighted by Gasteiger charge is -2.17. The minimum absolute atomic E-state index is 0.229. The number of aliphatic imine (C=N–C) groups is 1. The molecule has 1 heterocycles. The molecule has 2 nitrogen and oxygen atoms in total. The Kier molecular flexibility index (Phi) is 3.15. The van der Waals surface area contributed by atoms with Gasteiger partial charge in [-0.3, -0.25) is 4.99 Å². The molecule has 0 saturated heterocycles. The lowest BCUT2D eigenvalue weighted by atomic mass is 10.1. The molecule has 0 aliphatic carbocycles. The van der Waals surface area contributed by atoms with Crippen LogP contribution in [0.2, 0.25) is 0 Å². The van der Waals surface area contributed by atoms with Gasteiger partial charge in [0.2, 0.25) is 0 Å². The quantitative estimate of drug-likeness (QED) is 0.687. The van der Waals surface area contributed by atoms with E-state index in [9.17, 15) is 0 Å². The van der Waals surface area contributed by atoms with E-state index in [4.69, 9.17) is 5.11 Å². The Morgan fingerprint density at radius 1 is 1.73 bits per heavy atom. The molecule has 0 aromatic rings. The van der Waals surface area contributed by atoms with Crippen molar-refractivity contribution in [2.24, 2.45) is 4.99 Å². The monoisotopic (exact) mass is 171 g/mol. The zero-order chi connectivity index (χ0) is 8.27. The maximum absolute atomic E-state index is 8.76. The molecule has 0 fully saturated rings. The van der Waals surface area contributed by atoms with Crippen molar-refractivity contribution in [2.75, 3.05) is 6.61 Å². The Bertz CT molecular complexity index is 198. The van der Waals surface area contributed by atoms with E-state index in [-0.39, 0.29) is 6.61 Å². The fourth-order valence-electron chi connectivity index (χ4n) is 1.16. The standard InChI is InChI=1S/C8H13NOS/c1-6-8(3-4-10)7(2)11-5-9-6/h5,7,10H,3-4H2,1-2H3/t7-/m0/s1. The first-order valence-electron chi connectivity index (χ1n) is 3.74. The Labute approximate surface area is 71.4 Å². The van der Waals surface area contributed by atoms with Gasteiger partial charge in [0, 0.05) is 17.6 Å². The highest BCUT2D eigenvalue weighted by molar-refractivity contribution is 8.12. The molecule has 0 bridgehead atoms. The number of rotatable bonds is 2. The summed E-state index contributed by atoms with van der Waals surface area (Å²) in [6.45, 7) is 4.37. The summed E-state index contributed by atoms with van der Waals surface area (Å²) in [5.41, 5.74) is 4.23. The molecule has 62 valence electrons. The van der Waals surface area contributed by atoms with E-state index in [1.165, 1.54) is 5.57 Å². The molecule has 0 amide bonds. The van der Waals surface area contributed by atoms with Gasteiger partial charge in [0.1, 0.15) is 0 Å². The van der Waals surface area contributed by atoms with E-state index in [0.29, 0.717) is 5.25 Å². The summed E-state index contributed by atoms with van der Waals surface area (Å²) in [6.07, 6.45) is 0.761. The summed E-state index contributed by atoms with van der Waals surface area (Å²) >= 11 is 1.71. The van der Waals surface area contributed by atoms with Crippen molar-refractivity contribution < 1.29 is 5.11 Å². The summed E-state index contributed by atoms with van der Waals surface area (Å²) in [7, 11) is 0. The normalized spacial score (nSPS) is 24.5. The molecule has 1 atom stereocenters. The van der Waals surface area contributed by atoms with Crippen LogP contribution in [-0.2, 0) is 0 Å². The van der Waals surface area contributed by atoms with Crippen LogP contribution in [0.15, 0.2) is 16.3 Å². The first-order chi connectivity index (χ1) is 5.25. The van der Waals surface area contributed by atoms with Crippen LogP contribution in [0.5, 0.6) is 0 Å². The van der Waals surface area contributed by atoms with E-state index >= 15 is 0 Å². The highest BCUT2D eigenvalue weighted by Crippen LogP contribution is 2.27. The number of aliphatic hydroxyl groups is 1. The summed E-state index contributed by atoms with van der Waals surface area (Å²) in [6, 6.07) is 0. The molecule has 0 aromatic carbocycles. The van der Waals surface area contributed by atoms with Crippen molar-refractivity contribution in [3.05, 3.63) is 11.3 Å². The van der Waals surface area contributed by atoms with Crippen LogP contribution >= 0.6 is 11.8 Å². The van der Waals surface area contributed by atoms with Gasteiger partial charge in [-0.2, -0.15) is 0 Å². The predicted molar refractivity (Wildman–Crippen MR) is 49.9 cm³/mol.